The van der Waals surface area contributed by atoms with E-state index in [4.69, 9.17) is 9.47 Å². The molecule has 2 fully saturated rings. The number of carbonyl (C=O) groups is 3. The van der Waals surface area contributed by atoms with E-state index in [9.17, 15) is 19.5 Å². The van der Waals surface area contributed by atoms with Gasteiger partial charge in [0.15, 0.2) is 5.60 Å². The Balaban J connectivity index is 1.40. The van der Waals surface area contributed by atoms with Crippen molar-refractivity contribution < 1.29 is 33.4 Å². The molecule has 0 bridgehead atoms. The minimum Gasteiger partial charge on any atom is -0.447 e. The molecular weight excluding hydrogens is 589 g/mol. The number of aliphatic hydroxyl groups excluding tert-OH is 1. The number of aliphatic hydroxyl groups is 1. The van der Waals surface area contributed by atoms with Gasteiger partial charge in [0.05, 0.1) is 37.9 Å². The van der Waals surface area contributed by atoms with E-state index in [1.54, 1.807) is 28.0 Å². The number of fused-ring (bicyclic) bond motifs is 2. The van der Waals surface area contributed by atoms with Gasteiger partial charge in [-0.3, -0.25) is 14.5 Å². The molecule has 1 N–H and O–H groups in total. The lowest BCUT2D eigenvalue weighted by Gasteiger charge is -2.33. The smallest absolute Gasteiger partial charge is 0.414 e. The Bertz CT molecular complexity index is 1600. The van der Waals surface area contributed by atoms with Crippen molar-refractivity contribution >= 4 is 29.3 Å². The molecule has 3 aliphatic heterocycles. The van der Waals surface area contributed by atoms with E-state index >= 15 is 4.39 Å². The number of halogens is 1. The zero-order valence-corrected chi connectivity index (χ0v) is 26.4. The third-order valence-corrected chi connectivity index (χ3v) is 9.51. The summed E-state index contributed by atoms with van der Waals surface area (Å²) in [6.07, 6.45) is -1.59. The zero-order chi connectivity index (χ0) is 32.6. The number of anilines is 2. The van der Waals surface area contributed by atoms with Crippen molar-refractivity contribution in [3.05, 3.63) is 95.6 Å². The fraction of sp³-hybridized carbons (Fsp3) is 0.417. The lowest BCUT2D eigenvalue weighted by Crippen LogP contribution is -2.45. The first kappa shape index (κ1) is 31.7. The molecule has 3 aromatic rings. The number of ether oxygens (including phenoxy) is 2. The van der Waals surface area contributed by atoms with Crippen LogP contribution in [0.15, 0.2) is 78.9 Å². The summed E-state index contributed by atoms with van der Waals surface area (Å²) in [6.45, 7) is 5.77. The van der Waals surface area contributed by atoms with Crippen LogP contribution in [-0.4, -0.2) is 66.0 Å². The van der Waals surface area contributed by atoms with Crippen LogP contribution in [0.25, 0.3) is 0 Å². The van der Waals surface area contributed by atoms with Gasteiger partial charge in [0.25, 0.3) is 5.91 Å². The summed E-state index contributed by atoms with van der Waals surface area (Å²) < 4.78 is 28.2. The second-order valence-corrected chi connectivity index (χ2v) is 12.8. The topological polar surface area (TPSA) is 99.6 Å². The molecule has 10 heteroatoms. The molecule has 4 atom stereocenters. The third-order valence-electron chi connectivity index (χ3n) is 9.51. The van der Waals surface area contributed by atoms with Gasteiger partial charge in [0.2, 0.25) is 5.91 Å². The maximum atomic E-state index is 16.3. The Morgan fingerprint density at radius 2 is 1.72 bits per heavy atom. The van der Waals surface area contributed by atoms with Crippen LogP contribution in [0.4, 0.5) is 20.6 Å². The molecule has 6 rings (SSSR count). The minimum atomic E-state index is -1.81. The average Bonchev–Trinajstić information content (AvgIpc) is 3.66. The van der Waals surface area contributed by atoms with Gasteiger partial charge < -0.3 is 24.4 Å². The normalized spacial score (nSPS) is 24.1. The Hall–Kier alpha value is -4.28. The molecule has 1 spiro atoms. The lowest BCUT2D eigenvalue weighted by atomic mass is 9.71. The first-order valence-electron chi connectivity index (χ1n) is 15.8. The molecule has 0 saturated carbocycles. The van der Waals surface area contributed by atoms with E-state index in [1.165, 1.54) is 18.7 Å². The first-order chi connectivity index (χ1) is 22.0. The number of amides is 3. The summed E-state index contributed by atoms with van der Waals surface area (Å²) in [5, 5.41) is 9.77. The summed E-state index contributed by atoms with van der Waals surface area (Å²) in [7, 11) is 0. The highest BCUT2D eigenvalue weighted by Gasteiger charge is 2.66. The fourth-order valence-electron chi connectivity index (χ4n) is 7.47. The van der Waals surface area contributed by atoms with Gasteiger partial charge in [0.1, 0.15) is 12.3 Å². The Morgan fingerprint density at radius 1 is 1.04 bits per heavy atom. The summed E-state index contributed by atoms with van der Waals surface area (Å²) in [5.74, 6) is -2.13. The quantitative estimate of drug-likeness (QED) is 0.331. The minimum absolute atomic E-state index is 0.104. The van der Waals surface area contributed by atoms with Crippen LogP contribution in [0.5, 0.6) is 0 Å². The molecule has 242 valence electrons. The number of hydrogen-bond donors (Lipinski definition) is 1. The van der Waals surface area contributed by atoms with E-state index in [-0.39, 0.29) is 51.1 Å². The zero-order valence-electron chi connectivity index (χ0n) is 26.4. The summed E-state index contributed by atoms with van der Waals surface area (Å²) >= 11 is 0. The molecule has 0 radical (unpaired) electrons. The van der Waals surface area contributed by atoms with Gasteiger partial charge in [0, 0.05) is 36.2 Å². The Morgan fingerprint density at radius 3 is 2.33 bits per heavy atom. The van der Waals surface area contributed by atoms with Gasteiger partial charge in [-0.15, -0.1) is 0 Å². The maximum absolute atomic E-state index is 16.3. The largest absolute Gasteiger partial charge is 0.447 e. The molecule has 3 heterocycles. The van der Waals surface area contributed by atoms with E-state index in [0.717, 1.165) is 11.1 Å². The van der Waals surface area contributed by atoms with E-state index < -0.39 is 35.3 Å². The van der Waals surface area contributed by atoms with Gasteiger partial charge in [-0.25, -0.2) is 9.18 Å². The molecule has 0 aromatic heterocycles. The van der Waals surface area contributed by atoms with Gasteiger partial charge in [-0.1, -0.05) is 67.6 Å². The van der Waals surface area contributed by atoms with Gasteiger partial charge in [-0.2, -0.15) is 0 Å². The van der Waals surface area contributed by atoms with E-state index in [2.05, 4.69) is 0 Å². The summed E-state index contributed by atoms with van der Waals surface area (Å²) in [5.41, 5.74) is 0.116. The number of cyclic esters (lactones) is 1. The molecule has 9 nitrogen and oxygen atoms in total. The highest BCUT2D eigenvalue weighted by atomic mass is 19.1. The number of rotatable bonds is 10. The van der Waals surface area contributed by atoms with E-state index in [0.29, 0.717) is 23.5 Å². The standard InChI is InChI=1S/C36H40FN3O6/c1-24-32(35(2,3)37)30(21-31(42)38(16-18-41)22-25-10-6-4-7-11-25)46-36(24)28-20-27(39-17-19-45-34(39)44)14-15-29(28)40(33(36)43)23-26-12-8-5-9-13-26/h4-15,20,24,30,32,41H,16-19,21-23H2,1-3H3/t24-,30+,32-,36+/m0/s1. The van der Waals surface area contributed by atoms with Crippen molar-refractivity contribution in [1.82, 2.24) is 4.90 Å². The highest BCUT2D eigenvalue weighted by molar-refractivity contribution is 6.08. The van der Waals surface area contributed by atoms with Crippen molar-refractivity contribution in [2.45, 2.75) is 57.7 Å². The predicted octanol–water partition coefficient (Wildman–Crippen LogP) is 5.20. The second kappa shape index (κ2) is 12.5. The summed E-state index contributed by atoms with van der Waals surface area (Å²) in [4.78, 5) is 45.8. The first-order valence-corrected chi connectivity index (χ1v) is 15.8. The Kier molecular flexibility index (Phi) is 8.60. The lowest BCUT2D eigenvalue weighted by molar-refractivity contribution is -0.150. The molecule has 0 aliphatic carbocycles. The monoisotopic (exact) mass is 629 g/mol. The second-order valence-electron chi connectivity index (χ2n) is 12.8. The third kappa shape index (κ3) is 5.64. The molecule has 3 aromatic carbocycles. The molecule has 0 unspecified atom stereocenters. The molecule has 3 amide bonds. The molecule has 3 aliphatic rings. The van der Waals surface area contributed by atoms with Gasteiger partial charge in [-0.05, 0) is 43.2 Å². The molecular formula is C36H40FN3O6. The number of alkyl halides is 1. The maximum Gasteiger partial charge on any atom is 0.414 e. The summed E-state index contributed by atoms with van der Waals surface area (Å²) in [6, 6.07) is 24.4. The van der Waals surface area contributed by atoms with Crippen molar-refractivity contribution in [1.29, 1.82) is 0 Å². The molecule has 46 heavy (non-hydrogen) atoms. The van der Waals surface area contributed by atoms with Crippen LogP contribution in [0.1, 0.15) is 43.9 Å². The van der Waals surface area contributed by atoms with Crippen LogP contribution < -0.4 is 9.80 Å². The Labute approximate surface area is 268 Å². The van der Waals surface area contributed by atoms with Crippen molar-refractivity contribution in [3.8, 4) is 0 Å². The van der Waals surface area contributed by atoms with Crippen LogP contribution >= 0.6 is 0 Å². The fourth-order valence-corrected chi connectivity index (χ4v) is 7.47. The van der Waals surface area contributed by atoms with Crippen LogP contribution in [0.2, 0.25) is 0 Å². The SMILES string of the molecule is C[C@H]1[C@H](C(C)(C)F)[C@@H](CC(=O)N(CCO)Cc2ccccc2)O[C@]12C(=O)N(Cc1ccccc1)c1ccc(N3CCOC3=O)cc12. The van der Waals surface area contributed by atoms with Crippen LogP contribution in [-0.2, 0) is 37.8 Å². The number of nitrogens with zero attached hydrogens (tertiary/aromatic N) is 3. The van der Waals surface area contributed by atoms with Crippen molar-refractivity contribution in [2.24, 2.45) is 11.8 Å². The highest BCUT2D eigenvalue weighted by Crippen LogP contribution is 2.59. The van der Waals surface area contributed by atoms with Crippen LogP contribution in [0, 0.1) is 11.8 Å². The molecule has 2 saturated heterocycles. The number of hydrogen-bond acceptors (Lipinski definition) is 6. The van der Waals surface area contributed by atoms with Gasteiger partial charge >= 0.3 is 6.09 Å². The van der Waals surface area contributed by atoms with Crippen molar-refractivity contribution in [2.75, 3.05) is 36.1 Å². The van der Waals surface area contributed by atoms with Crippen LogP contribution in [0.3, 0.4) is 0 Å². The van der Waals surface area contributed by atoms with Crippen molar-refractivity contribution in [3.63, 3.8) is 0 Å². The van der Waals surface area contributed by atoms with E-state index in [1.807, 2.05) is 67.6 Å². The average molecular weight is 630 g/mol. The number of carbonyl (C=O) groups excluding carboxylic acids is 3. The predicted molar refractivity (Wildman–Crippen MR) is 171 cm³/mol. The number of benzene rings is 3.